The molecule has 0 bridgehead atoms. The van der Waals surface area contributed by atoms with Crippen LogP contribution >= 0.6 is 12.4 Å². The van der Waals surface area contributed by atoms with Crippen molar-refractivity contribution in [3.05, 3.63) is 22.5 Å². The Morgan fingerprint density at radius 1 is 1.62 bits per heavy atom. The van der Waals surface area contributed by atoms with Crippen molar-refractivity contribution in [2.24, 2.45) is 5.92 Å². The molecule has 3 N–H and O–H groups in total. The van der Waals surface area contributed by atoms with Crippen molar-refractivity contribution < 1.29 is 14.8 Å². The Morgan fingerprint density at radius 3 is 2.95 bits per heavy atom. The molecule has 0 saturated carbocycles. The number of nitrogens with one attached hydrogen (secondary N) is 2. The number of carbonyl (C=O) groups excluding carboxylic acids is 1. The predicted molar refractivity (Wildman–Crippen MR) is 76.1 cm³/mol. The van der Waals surface area contributed by atoms with Gasteiger partial charge in [0, 0.05) is 38.5 Å². The molecule has 118 valence electrons. The molecule has 1 aliphatic heterocycles. The second kappa shape index (κ2) is 7.91. The Labute approximate surface area is 127 Å². The Bertz CT molecular complexity index is 495. The zero-order valence-electron chi connectivity index (χ0n) is 11.3. The van der Waals surface area contributed by atoms with Crippen LogP contribution < -0.4 is 10.6 Å². The molecule has 1 aliphatic rings. The van der Waals surface area contributed by atoms with E-state index in [-0.39, 0.29) is 42.9 Å². The van der Waals surface area contributed by atoms with Gasteiger partial charge in [-0.25, -0.2) is 0 Å². The number of aliphatic hydroxyl groups excluding tert-OH is 1. The molecular weight excluding hydrogens is 302 g/mol. The number of aromatic nitrogens is 2. The Hall–Kier alpha value is -1.71. The number of hydrogen-bond donors (Lipinski definition) is 3. The Kier molecular flexibility index (Phi) is 6.53. The number of aliphatic hydroxyl groups is 1. The average Bonchev–Trinajstić information content (AvgIpc) is 3.03. The van der Waals surface area contributed by atoms with Gasteiger partial charge < -0.3 is 15.7 Å². The van der Waals surface area contributed by atoms with Gasteiger partial charge in [0.1, 0.15) is 12.4 Å². The number of nitrogens with zero attached hydrogens (tertiary/aromatic N) is 3. The van der Waals surface area contributed by atoms with Crippen molar-refractivity contribution in [2.75, 3.05) is 19.6 Å². The number of nitro groups is 1. The molecule has 0 spiro atoms. The minimum atomic E-state index is -0.530. The molecule has 1 amide bonds. The molecule has 2 rings (SSSR count). The van der Waals surface area contributed by atoms with Gasteiger partial charge in [-0.1, -0.05) is 0 Å². The summed E-state index contributed by atoms with van der Waals surface area (Å²) in [6, 6.07) is 0. The molecule has 10 heteroatoms. The van der Waals surface area contributed by atoms with Crippen LogP contribution in [0.4, 0.5) is 5.69 Å². The number of β-amino-alcohol motifs (C(OH)–C–C–N with tert-alkyl or cyclic N) is 1. The van der Waals surface area contributed by atoms with E-state index in [4.69, 9.17) is 0 Å². The SMILES string of the molecule is Cl.O=C(CCn1cc([N+](=O)[O-])cn1)NCC1CNCC1O. The van der Waals surface area contributed by atoms with Crippen molar-refractivity contribution in [3.8, 4) is 0 Å². The fraction of sp³-hybridized carbons (Fsp3) is 0.636. The number of carbonyl (C=O) groups is 1. The maximum Gasteiger partial charge on any atom is 0.306 e. The van der Waals surface area contributed by atoms with Crippen molar-refractivity contribution in [3.63, 3.8) is 0 Å². The van der Waals surface area contributed by atoms with E-state index in [1.54, 1.807) is 0 Å². The minimum absolute atomic E-state index is 0. The third kappa shape index (κ3) is 4.96. The molecule has 1 aromatic heterocycles. The van der Waals surface area contributed by atoms with Gasteiger partial charge in [-0.05, 0) is 0 Å². The van der Waals surface area contributed by atoms with Crippen LogP contribution in [-0.2, 0) is 11.3 Å². The lowest BCUT2D eigenvalue weighted by Crippen LogP contribution is -2.34. The first-order valence-electron chi connectivity index (χ1n) is 6.38. The van der Waals surface area contributed by atoms with Crippen molar-refractivity contribution in [1.29, 1.82) is 0 Å². The maximum absolute atomic E-state index is 11.6. The molecule has 1 fully saturated rings. The normalized spacial score (nSPS) is 20.8. The van der Waals surface area contributed by atoms with E-state index >= 15 is 0 Å². The molecule has 2 heterocycles. The van der Waals surface area contributed by atoms with Crippen LogP contribution in [0.2, 0.25) is 0 Å². The van der Waals surface area contributed by atoms with Crippen LogP contribution in [0.5, 0.6) is 0 Å². The van der Waals surface area contributed by atoms with E-state index < -0.39 is 11.0 Å². The second-order valence-electron chi connectivity index (χ2n) is 4.76. The Balaban J connectivity index is 0.00000220. The smallest absolute Gasteiger partial charge is 0.306 e. The summed E-state index contributed by atoms with van der Waals surface area (Å²) in [5.74, 6) is -0.132. The maximum atomic E-state index is 11.6. The number of hydrogen-bond acceptors (Lipinski definition) is 6. The monoisotopic (exact) mass is 319 g/mol. The molecule has 0 aliphatic carbocycles. The highest BCUT2D eigenvalue weighted by Crippen LogP contribution is 2.09. The van der Waals surface area contributed by atoms with Crippen LogP contribution in [-0.4, -0.2) is 51.5 Å². The second-order valence-corrected chi connectivity index (χ2v) is 4.76. The zero-order chi connectivity index (χ0) is 14.5. The third-order valence-corrected chi connectivity index (χ3v) is 3.26. The fourth-order valence-corrected chi connectivity index (χ4v) is 2.05. The molecule has 21 heavy (non-hydrogen) atoms. The van der Waals surface area contributed by atoms with E-state index in [0.29, 0.717) is 19.6 Å². The van der Waals surface area contributed by atoms with Crippen molar-refractivity contribution >= 4 is 24.0 Å². The quantitative estimate of drug-likeness (QED) is 0.471. The highest BCUT2D eigenvalue weighted by Gasteiger charge is 2.24. The van der Waals surface area contributed by atoms with E-state index in [9.17, 15) is 20.0 Å². The summed E-state index contributed by atoms with van der Waals surface area (Å²) in [6.45, 7) is 1.95. The van der Waals surface area contributed by atoms with Crippen molar-refractivity contribution in [1.82, 2.24) is 20.4 Å². The molecule has 2 unspecified atom stereocenters. The first-order chi connectivity index (χ1) is 9.56. The fourth-order valence-electron chi connectivity index (χ4n) is 2.05. The average molecular weight is 320 g/mol. The lowest BCUT2D eigenvalue weighted by atomic mass is 10.1. The molecule has 9 nitrogen and oxygen atoms in total. The summed E-state index contributed by atoms with van der Waals surface area (Å²) in [5, 5.41) is 29.6. The van der Waals surface area contributed by atoms with Gasteiger partial charge in [-0.15, -0.1) is 12.4 Å². The van der Waals surface area contributed by atoms with Gasteiger partial charge >= 0.3 is 5.69 Å². The van der Waals surface area contributed by atoms with Gasteiger partial charge in [0.15, 0.2) is 0 Å². The summed E-state index contributed by atoms with van der Waals surface area (Å²) in [7, 11) is 0. The summed E-state index contributed by atoms with van der Waals surface area (Å²) in [6.07, 6.45) is 2.20. The van der Waals surface area contributed by atoms with Crippen LogP contribution in [0.15, 0.2) is 12.4 Å². The van der Waals surface area contributed by atoms with Crippen molar-refractivity contribution in [2.45, 2.75) is 19.1 Å². The molecule has 1 saturated heterocycles. The van der Waals surface area contributed by atoms with Gasteiger partial charge in [0.05, 0.1) is 11.0 Å². The molecule has 1 aromatic rings. The summed E-state index contributed by atoms with van der Waals surface area (Å²) >= 11 is 0. The highest BCUT2D eigenvalue weighted by atomic mass is 35.5. The lowest BCUT2D eigenvalue weighted by Gasteiger charge is -2.13. The molecule has 0 radical (unpaired) electrons. The van der Waals surface area contributed by atoms with E-state index in [2.05, 4.69) is 15.7 Å². The molecule has 2 atom stereocenters. The van der Waals surface area contributed by atoms with E-state index in [0.717, 1.165) is 6.20 Å². The minimum Gasteiger partial charge on any atom is -0.391 e. The van der Waals surface area contributed by atoms with Crippen LogP contribution in [0.25, 0.3) is 0 Å². The highest BCUT2D eigenvalue weighted by molar-refractivity contribution is 5.85. The summed E-state index contributed by atoms with van der Waals surface area (Å²) in [4.78, 5) is 21.6. The zero-order valence-corrected chi connectivity index (χ0v) is 12.1. The van der Waals surface area contributed by atoms with Gasteiger partial charge in [0.2, 0.25) is 5.91 Å². The standard InChI is InChI=1S/C11H17N5O4.ClH/c17-10-6-12-3-8(10)4-13-11(18)1-2-15-7-9(5-14-15)16(19)20;/h5,7-8,10,12,17H,1-4,6H2,(H,13,18);1H. The van der Waals surface area contributed by atoms with Crippen LogP contribution in [0.1, 0.15) is 6.42 Å². The van der Waals surface area contributed by atoms with Gasteiger partial charge in [-0.2, -0.15) is 5.10 Å². The summed E-state index contributed by atoms with van der Waals surface area (Å²) in [5.41, 5.74) is -0.0921. The first-order valence-corrected chi connectivity index (χ1v) is 6.38. The molecular formula is C11H18ClN5O4. The van der Waals surface area contributed by atoms with Crippen LogP contribution in [0, 0.1) is 16.0 Å². The summed E-state index contributed by atoms with van der Waals surface area (Å²) < 4.78 is 1.36. The first kappa shape index (κ1) is 17.3. The largest absolute Gasteiger partial charge is 0.391 e. The molecule has 0 aromatic carbocycles. The van der Waals surface area contributed by atoms with E-state index in [1.165, 1.54) is 10.9 Å². The Morgan fingerprint density at radius 2 is 2.38 bits per heavy atom. The van der Waals surface area contributed by atoms with Gasteiger partial charge in [-0.3, -0.25) is 19.6 Å². The number of amides is 1. The predicted octanol–water partition coefficient (Wildman–Crippen LogP) is -0.700. The topological polar surface area (TPSA) is 122 Å². The van der Waals surface area contributed by atoms with E-state index in [1.807, 2.05) is 0 Å². The third-order valence-electron chi connectivity index (χ3n) is 3.26. The lowest BCUT2D eigenvalue weighted by molar-refractivity contribution is -0.385. The number of rotatable bonds is 6. The van der Waals surface area contributed by atoms with Crippen LogP contribution in [0.3, 0.4) is 0 Å². The number of halogens is 1. The van der Waals surface area contributed by atoms with Gasteiger partial charge in [0.25, 0.3) is 0 Å². The number of aryl methyl sites for hydroxylation is 1.